The Kier molecular flexibility index (Phi) is 5.43. The highest BCUT2D eigenvalue weighted by molar-refractivity contribution is 9.10. The molecular formula is C16H25BrN2. The van der Waals surface area contributed by atoms with Crippen LogP contribution < -0.4 is 5.32 Å². The van der Waals surface area contributed by atoms with Gasteiger partial charge in [-0.25, -0.2) is 0 Å². The van der Waals surface area contributed by atoms with Gasteiger partial charge in [0.1, 0.15) is 0 Å². The molecular weight excluding hydrogens is 300 g/mol. The van der Waals surface area contributed by atoms with Crippen LogP contribution in [0.25, 0.3) is 0 Å². The van der Waals surface area contributed by atoms with Crippen LogP contribution in [0.4, 0.5) is 0 Å². The molecule has 1 aliphatic carbocycles. The molecule has 19 heavy (non-hydrogen) atoms. The summed E-state index contributed by atoms with van der Waals surface area (Å²) in [5.74, 6) is 0. The van der Waals surface area contributed by atoms with Gasteiger partial charge >= 0.3 is 0 Å². The van der Waals surface area contributed by atoms with Gasteiger partial charge in [-0.05, 0) is 64.4 Å². The van der Waals surface area contributed by atoms with Crippen molar-refractivity contribution in [3.8, 4) is 0 Å². The third kappa shape index (κ3) is 3.80. The molecule has 1 aromatic rings. The number of nitrogens with zero attached hydrogens (tertiary/aromatic N) is 1. The third-order valence-corrected chi connectivity index (χ3v) is 5.12. The molecule has 1 aromatic carbocycles. The van der Waals surface area contributed by atoms with E-state index >= 15 is 0 Å². The summed E-state index contributed by atoms with van der Waals surface area (Å²) in [4.78, 5) is 2.55. The van der Waals surface area contributed by atoms with Gasteiger partial charge in [0.15, 0.2) is 0 Å². The Morgan fingerprint density at radius 2 is 1.95 bits per heavy atom. The highest BCUT2D eigenvalue weighted by Gasteiger charge is 2.26. The van der Waals surface area contributed by atoms with Gasteiger partial charge in [-0.15, -0.1) is 0 Å². The number of hydrogen-bond donors (Lipinski definition) is 1. The molecule has 0 aromatic heterocycles. The molecule has 0 bridgehead atoms. The summed E-state index contributed by atoms with van der Waals surface area (Å²) in [5, 5.41) is 3.41. The van der Waals surface area contributed by atoms with Crippen LogP contribution in [0.3, 0.4) is 0 Å². The van der Waals surface area contributed by atoms with Gasteiger partial charge in [0, 0.05) is 22.6 Å². The van der Waals surface area contributed by atoms with Crippen molar-refractivity contribution in [3.05, 3.63) is 34.3 Å². The first-order valence-electron chi connectivity index (χ1n) is 7.26. The third-order valence-electron chi connectivity index (χ3n) is 4.62. The molecule has 1 saturated carbocycles. The van der Waals surface area contributed by atoms with Crippen LogP contribution in [0.15, 0.2) is 28.7 Å². The van der Waals surface area contributed by atoms with Crippen molar-refractivity contribution in [2.45, 2.75) is 50.7 Å². The minimum Gasteiger partial charge on any atom is -0.317 e. The first kappa shape index (κ1) is 15.0. The topological polar surface area (TPSA) is 15.3 Å². The fourth-order valence-corrected chi connectivity index (χ4v) is 3.51. The van der Waals surface area contributed by atoms with E-state index in [0.717, 1.165) is 12.1 Å². The average molecular weight is 325 g/mol. The minimum atomic E-state index is 0.480. The Hall–Kier alpha value is -0.380. The summed E-state index contributed by atoms with van der Waals surface area (Å²) < 4.78 is 1.17. The lowest BCUT2D eigenvalue weighted by Crippen LogP contribution is -2.40. The van der Waals surface area contributed by atoms with Crippen LogP contribution in [0.2, 0.25) is 0 Å². The van der Waals surface area contributed by atoms with Crippen molar-refractivity contribution in [1.29, 1.82) is 0 Å². The molecule has 2 rings (SSSR count). The fraction of sp³-hybridized carbons (Fsp3) is 0.625. The summed E-state index contributed by atoms with van der Waals surface area (Å²) >= 11 is 3.57. The number of halogens is 1. The molecule has 1 aliphatic rings. The maximum Gasteiger partial charge on any atom is 0.0320 e. The monoisotopic (exact) mass is 324 g/mol. The normalized spacial score (nSPS) is 25.5. The second kappa shape index (κ2) is 6.87. The van der Waals surface area contributed by atoms with Crippen molar-refractivity contribution >= 4 is 15.9 Å². The zero-order valence-electron chi connectivity index (χ0n) is 12.2. The highest BCUT2D eigenvalue weighted by atomic mass is 79.9. The molecule has 1 N–H and O–H groups in total. The van der Waals surface area contributed by atoms with Crippen LogP contribution in [-0.2, 0) is 0 Å². The largest absolute Gasteiger partial charge is 0.317 e. The zero-order chi connectivity index (χ0) is 13.8. The molecule has 0 saturated heterocycles. The van der Waals surface area contributed by atoms with Crippen molar-refractivity contribution in [2.75, 3.05) is 14.1 Å². The Balaban J connectivity index is 1.98. The lowest BCUT2D eigenvalue weighted by atomic mass is 9.89. The van der Waals surface area contributed by atoms with Gasteiger partial charge in [-0.1, -0.05) is 28.1 Å². The Bertz CT molecular complexity index is 399. The van der Waals surface area contributed by atoms with Crippen molar-refractivity contribution in [1.82, 2.24) is 10.2 Å². The summed E-state index contributed by atoms with van der Waals surface area (Å²) in [5.41, 5.74) is 1.40. The number of hydrogen-bond acceptors (Lipinski definition) is 2. The van der Waals surface area contributed by atoms with E-state index < -0.39 is 0 Å². The van der Waals surface area contributed by atoms with E-state index in [1.807, 2.05) is 0 Å². The standard InChI is InChI=1S/C16H25BrN2/c1-12(13-5-4-6-14(17)11-13)19(3)16-9-7-15(18-2)8-10-16/h4-6,11-12,15-16,18H,7-10H2,1-3H3. The predicted molar refractivity (Wildman–Crippen MR) is 85.4 cm³/mol. The summed E-state index contributed by atoms with van der Waals surface area (Å²) in [6.45, 7) is 2.31. The fourth-order valence-electron chi connectivity index (χ4n) is 3.09. The van der Waals surface area contributed by atoms with E-state index in [1.54, 1.807) is 0 Å². The van der Waals surface area contributed by atoms with Gasteiger partial charge in [0.05, 0.1) is 0 Å². The molecule has 3 heteroatoms. The van der Waals surface area contributed by atoms with Gasteiger partial charge in [-0.2, -0.15) is 0 Å². The second-order valence-corrected chi connectivity index (χ2v) is 6.61. The number of benzene rings is 1. The number of rotatable bonds is 4. The van der Waals surface area contributed by atoms with Crippen LogP contribution >= 0.6 is 15.9 Å². The van der Waals surface area contributed by atoms with E-state index in [4.69, 9.17) is 0 Å². The van der Waals surface area contributed by atoms with Crippen LogP contribution in [-0.4, -0.2) is 31.1 Å². The summed E-state index contributed by atoms with van der Waals surface area (Å²) in [6.07, 6.45) is 5.22. The Morgan fingerprint density at radius 3 is 2.53 bits per heavy atom. The maximum atomic E-state index is 3.57. The molecule has 0 spiro atoms. The predicted octanol–water partition coefficient (Wildman–Crippen LogP) is 3.97. The van der Waals surface area contributed by atoms with E-state index in [-0.39, 0.29) is 0 Å². The van der Waals surface area contributed by atoms with Gasteiger partial charge < -0.3 is 5.32 Å². The van der Waals surface area contributed by atoms with Crippen molar-refractivity contribution in [3.63, 3.8) is 0 Å². The molecule has 1 unspecified atom stereocenters. The van der Waals surface area contributed by atoms with E-state index in [1.165, 1.54) is 35.7 Å². The SMILES string of the molecule is CNC1CCC(N(C)C(C)c2cccc(Br)c2)CC1. The molecule has 0 heterocycles. The summed E-state index contributed by atoms with van der Waals surface area (Å²) in [7, 11) is 4.36. The van der Waals surface area contributed by atoms with Crippen molar-refractivity contribution in [2.24, 2.45) is 0 Å². The average Bonchev–Trinajstić information content (AvgIpc) is 2.46. The first-order chi connectivity index (χ1) is 9.11. The van der Waals surface area contributed by atoms with Crippen molar-refractivity contribution < 1.29 is 0 Å². The quantitative estimate of drug-likeness (QED) is 0.901. The molecule has 0 aliphatic heterocycles. The van der Waals surface area contributed by atoms with E-state index in [2.05, 4.69) is 71.4 Å². The van der Waals surface area contributed by atoms with E-state index in [0.29, 0.717) is 6.04 Å². The Labute approximate surface area is 125 Å². The second-order valence-electron chi connectivity index (χ2n) is 5.69. The van der Waals surface area contributed by atoms with Crippen LogP contribution in [0, 0.1) is 0 Å². The van der Waals surface area contributed by atoms with Gasteiger partial charge in [0.2, 0.25) is 0 Å². The van der Waals surface area contributed by atoms with Crippen LogP contribution in [0.1, 0.15) is 44.2 Å². The smallest absolute Gasteiger partial charge is 0.0320 e. The minimum absolute atomic E-state index is 0.480. The molecule has 1 atom stereocenters. The lowest BCUT2D eigenvalue weighted by Gasteiger charge is -2.38. The van der Waals surface area contributed by atoms with E-state index in [9.17, 15) is 0 Å². The Morgan fingerprint density at radius 1 is 1.26 bits per heavy atom. The molecule has 106 valence electrons. The molecule has 0 radical (unpaired) electrons. The maximum absolute atomic E-state index is 3.57. The number of nitrogens with one attached hydrogen (secondary N) is 1. The molecule has 1 fully saturated rings. The molecule has 0 amide bonds. The molecule has 2 nitrogen and oxygen atoms in total. The summed E-state index contributed by atoms with van der Waals surface area (Å²) in [6, 6.07) is 10.6. The van der Waals surface area contributed by atoms with Gasteiger partial charge in [-0.3, -0.25) is 4.90 Å². The lowest BCUT2D eigenvalue weighted by molar-refractivity contribution is 0.136. The van der Waals surface area contributed by atoms with Gasteiger partial charge in [0.25, 0.3) is 0 Å². The van der Waals surface area contributed by atoms with Crippen LogP contribution in [0.5, 0.6) is 0 Å². The zero-order valence-corrected chi connectivity index (χ0v) is 13.8. The highest BCUT2D eigenvalue weighted by Crippen LogP contribution is 2.29. The first-order valence-corrected chi connectivity index (χ1v) is 8.05.